The van der Waals surface area contributed by atoms with Crippen molar-refractivity contribution >= 4 is 49.1 Å². The number of para-hydroxylation sites is 2. The van der Waals surface area contributed by atoms with Crippen LogP contribution in [0.3, 0.4) is 0 Å². The fraction of sp³-hybridized carbons (Fsp3) is 0.273. The second-order valence-electron chi connectivity index (χ2n) is 15.5. The summed E-state index contributed by atoms with van der Waals surface area (Å²) in [5.74, 6) is 3.33. The molecule has 1 aliphatic carbocycles. The molecule has 11 rings (SSSR count). The van der Waals surface area contributed by atoms with Gasteiger partial charge in [0.25, 0.3) is 0 Å². The first kappa shape index (κ1) is 30.4. The van der Waals surface area contributed by atoms with Crippen LogP contribution in [0.25, 0.3) is 54.9 Å². The number of hydrogen-bond acceptors (Lipinski definition) is 3. The van der Waals surface area contributed by atoms with E-state index in [1.807, 2.05) is 18.3 Å². The summed E-state index contributed by atoms with van der Waals surface area (Å²) in [7, 11) is 0. The normalized spacial score (nSPS) is 19.8. The number of imidazole rings is 1. The number of hydrogen-bond donors (Lipinski definition) is 0. The molecule has 248 valence electrons. The van der Waals surface area contributed by atoms with Crippen molar-refractivity contribution in [3.8, 4) is 17.3 Å². The first-order chi connectivity index (χ1) is 23.8. The minimum absolute atomic E-state index is 0. The summed E-state index contributed by atoms with van der Waals surface area (Å²) in [4.78, 5) is 10.1. The average Bonchev–Trinajstić information content (AvgIpc) is 3.68. The molecule has 5 nitrogen and oxygen atoms in total. The minimum atomic E-state index is -0.106. The fourth-order valence-electron chi connectivity index (χ4n) is 9.74. The van der Waals surface area contributed by atoms with E-state index in [2.05, 4.69) is 116 Å². The van der Waals surface area contributed by atoms with Crippen LogP contribution in [0.2, 0.25) is 0 Å². The fourth-order valence-corrected chi connectivity index (χ4v) is 9.74. The first-order valence-corrected chi connectivity index (χ1v) is 17.7. The molecule has 0 radical (unpaired) electrons. The smallest absolute Gasteiger partial charge is 0.503 e. The predicted octanol–water partition coefficient (Wildman–Crippen LogP) is 10.8. The van der Waals surface area contributed by atoms with E-state index in [9.17, 15) is 0 Å². The predicted molar refractivity (Wildman–Crippen MR) is 197 cm³/mol. The molecule has 0 amide bonds. The van der Waals surface area contributed by atoms with Gasteiger partial charge in [-0.3, -0.25) is 4.98 Å². The summed E-state index contributed by atoms with van der Waals surface area (Å²) in [6.45, 7) is 9.39. The molecule has 6 heterocycles. The molecule has 0 spiro atoms. The summed E-state index contributed by atoms with van der Waals surface area (Å²) in [5.41, 5.74) is 9.67. The van der Waals surface area contributed by atoms with Crippen molar-refractivity contribution in [2.24, 2.45) is 0 Å². The van der Waals surface area contributed by atoms with E-state index in [1.54, 1.807) is 0 Å². The van der Waals surface area contributed by atoms with E-state index in [0.29, 0.717) is 23.3 Å². The Kier molecular flexibility index (Phi) is 6.25. The Morgan fingerprint density at radius 2 is 1.40 bits per heavy atom. The quantitative estimate of drug-likeness (QED) is 0.129. The molecule has 2 unspecified atom stereocenters. The van der Waals surface area contributed by atoms with Gasteiger partial charge in [-0.25, -0.2) is 4.98 Å². The summed E-state index contributed by atoms with van der Waals surface area (Å²) >= 11 is 0. The van der Waals surface area contributed by atoms with E-state index in [1.165, 1.54) is 75.3 Å². The number of ether oxygens (including phenoxy) is 1. The Bertz CT molecular complexity index is 2730. The molecular formula is C44H36N4OPt. The van der Waals surface area contributed by atoms with Gasteiger partial charge in [0.1, 0.15) is 5.82 Å². The molecule has 4 aromatic carbocycles. The number of nitrogens with zero attached hydrogens (tertiary/aromatic N) is 4. The number of rotatable bonds is 2. The number of pyridine rings is 2. The van der Waals surface area contributed by atoms with E-state index in [4.69, 9.17) is 14.7 Å². The van der Waals surface area contributed by atoms with Crippen molar-refractivity contribution in [2.75, 3.05) is 0 Å². The molecule has 8 aromatic rings. The van der Waals surface area contributed by atoms with Crippen molar-refractivity contribution < 1.29 is 25.8 Å². The van der Waals surface area contributed by atoms with E-state index in [0.717, 1.165) is 27.8 Å². The Hall–Kier alpha value is -4.47. The van der Waals surface area contributed by atoms with E-state index in [-0.39, 0.29) is 31.9 Å². The molecule has 0 N–H and O–H groups in total. The largest absolute Gasteiger partial charge is 2.00 e. The summed E-state index contributed by atoms with van der Waals surface area (Å²) in [6.07, 6.45) is 8.96. The van der Waals surface area contributed by atoms with Crippen LogP contribution >= 0.6 is 0 Å². The Morgan fingerprint density at radius 3 is 2.22 bits per heavy atom. The van der Waals surface area contributed by atoms with Crippen LogP contribution in [0.4, 0.5) is 0 Å². The third-order valence-corrected chi connectivity index (χ3v) is 12.8. The molecule has 0 saturated heterocycles. The van der Waals surface area contributed by atoms with Crippen LogP contribution in [0.15, 0.2) is 85.2 Å². The maximum atomic E-state index is 6.65. The second-order valence-corrected chi connectivity index (χ2v) is 15.5. The third kappa shape index (κ3) is 3.72. The van der Waals surface area contributed by atoms with Crippen molar-refractivity contribution in [2.45, 2.75) is 76.0 Å². The SMILES string of the molecule is CC1(C)c2cccc3c4ccc(Oc5[c-]c6c(cc5)c5cccc7c5n6-c5ncccc5C5CCCCC75)[c-]c4c4ncc(n4c23)C1(C)C.[Pt+2]. The molecule has 1 fully saturated rings. The van der Waals surface area contributed by atoms with Gasteiger partial charge >= 0.3 is 21.1 Å². The van der Waals surface area contributed by atoms with Crippen molar-refractivity contribution in [1.82, 2.24) is 18.9 Å². The molecule has 4 aromatic heterocycles. The van der Waals surface area contributed by atoms with Crippen molar-refractivity contribution in [3.63, 3.8) is 0 Å². The zero-order valence-electron chi connectivity index (χ0n) is 28.6. The maximum absolute atomic E-state index is 6.65. The maximum Gasteiger partial charge on any atom is 2.00 e. The standard InChI is InChI=1S/C44H36N4O.Pt/c1-43(2)36-16-8-14-32-29-19-17-25(22-35(29)42-46-24-38(44(43,3)4)48(42)40(32)36)49-26-18-20-30-33-13-7-12-31-27-10-5-6-11-28(27)34-15-9-21-45-41(34)47(39(31)33)37(30)23-26;/h7-9,12-21,24,27-28H,5-6,10-11H2,1-4H3;/q-2;+2. The molecule has 3 aliphatic rings. The Labute approximate surface area is 305 Å². The van der Waals surface area contributed by atoms with Gasteiger partial charge in [0.15, 0.2) is 0 Å². The number of fused-ring (bicyclic) bond motifs is 11. The zero-order valence-corrected chi connectivity index (χ0v) is 30.9. The minimum Gasteiger partial charge on any atom is -0.503 e. The van der Waals surface area contributed by atoms with Crippen LogP contribution in [0.5, 0.6) is 11.5 Å². The van der Waals surface area contributed by atoms with Crippen LogP contribution in [0, 0.1) is 12.1 Å². The van der Waals surface area contributed by atoms with Gasteiger partial charge in [0, 0.05) is 51.5 Å². The summed E-state index contributed by atoms with van der Waals surface area (Å²) < 4.78 is 11.4. The number of benzene rings is 4. The van der Waals surface area contributed by atoms with Crippen LogP contribution in [0.1, 0.15) is 87.6 Å². The molecule has 6 heteroatoms. The monoisotopic (exact) mass is 831 g/mol. The van der Waals surface area contributed by atoms with Gasteiger partial charge in [-0.05, 0) is 58.2 Å². The Morgan fingerprint density at radius 1 is 0.700 bits per heavy atom. The zero-order chi connectivity index (χ0) is 32.8. The molecule has 0 bridgehead atoms. The third-order valence-electron chi connectivity index (χ3n) is 12.8. The molecular weight excluding hydrogens is 796 g/mol. The second kappa shape index (κ2) is 10.3. The summed E-state index contributed by atoms with van der Waals surface area (Å²) in [5, 5.41) is 5.75. The summed E-state index contributed by atoms with van der Waals surface area (Å²) in [6, 6.07) is 33.8. The Balaban J connectivity index is 0.00000316. The topological polar surface area (TPSA) is 44.3 Å². The van der Waals surface area contributed by atoms with E-state index >= 15 is 0 Å². The van der Waals surface area contributed by atoms with Crippen LogP contribution in [-0.4, -0.2) is 18.9 Å². The van der Waals surface area contributed by atoms with Crippen LogP contribution in [-0.2, 0) is 31.9 Å². The number of aromatic nitrogens is 4. The van der Waals surface area contributed by atoms with Gasteiger partial charge in [-0.2, -0.15) is 6.07 Å². The van der Waals surface area contributed by atoms with Gasteiger partial charge in [0.2, 0.25) is 0 Å². The molecule has 2 atom stereocenters. The first-order valence-electron chi connectivity index (χ1n) is 17.7. The molecule has 1 saturated carbocycles. The van der Waals surface area contributed by atoms with Crippen molar-refractivity contribution in [1.29, 1.82) is 0 Å². The van der Waals surface area contributed by atoms with Gasteiger partial charge in [-0.15, -0.1) is 29.7 Å². The van der Waals surface area contributed by atoms with Crippen LogP contribution < -0.4 is 4.74 Å². The van der Waals surface area contributed by atoms with E-state index < -0.39 is 0 Å². The molecule has 2 aliphatic heterocycles. The molecule has 50 heavy (non-hydrogen) atoms. The van der Waals surface area contributed by atoms with Crippen molar-refractivity contribution in [3.05, 3.63) is 120 Å². The average molecular weight is 832 g/mol. The van der Waals surface area contributed by atoms with Gasteiger partial charge in [-0.1, -0.05) is 105 Å². The van der Waals surface area contributed by atoms with Gasteiger partial charge in [0.05, 0.1) is 5.65 Å². The van der Waals surface area contributed by atoms with Gasteiger partial charge < -0.3 is 13.7 Å².